The summed E-state index contributed by atoms with van der Waals surface area (Å²) in [5.74, 6) is -4.43. The van der Waals surface area contributed by atoms with Gasteiger partial charge in [-0.3, -0.25) is 18.4 Å². The normalized spacial score (nSPS) is 14.5. The van der Waals surface area contributed by atoms with E-state index in [0.29, 0.717) is 12.0 Å². The van der Waals surface area contributed by atoms with E-state index < -0.39 is 75.5 Å². The molecule has 0 aliphatic carbocycles. The predicted molar refractivity (Wildman–Crippen MR) is 153 cm³/mol. The van der Waals surface area contributed by atoms with Gasteiger partial charge in [-0.05, 0) is 35.4 Å². The van der Waals surface area contributed by atoms with Gasteiger partial charge in [0.15, 0.2) is 25.2 Å². The van der Waals surface area contributed by atoms with Gasteiger partial charge in [0.2, 0.25) is 0 Å². The van der Waals surface area contributed by atoms with Crippen molar-refractivity contribution in [1.29, 1.82) is 0 Å². The first kappa shape index (κ1) is 38.1. The second-order valence-electron chi connectivity index (χ2n) is 10.5. The number of benzene rings is 2. The summed E-state index contributed by atoms with van der Waals surface area (Å²) < 4.78 is 105. The smallest absolute Gasteiger partial charge is 0.412 e. The SMILES string of the molecule is CCCCNC(=O)OC(C(=O)NC(Cc1ccc(-c2ccccc2)cc1)C(O)P(=O)(OCC(F)(F)F)OCC(F)(F)F)C(C)C. The Balaban J connectivity index is 2.43. The Kier molecular flexibility index (Phi) is 14.4. The lowest BCUT2D eigenvalue weighted by atomic mass is 10.00. The molecule has 0 heterocycles. The average molecular weight is 671 g/mol. The third-order valence-corrected chi connectivity index (χ3v) is 8.23. The van der Waals surface area contributed by atoms with Crippen molar-refractivity contribution in [2.45, 2.75) is 70.4 Å². The van der Waals surface area contributed by atoms with E-state index in [4.69, 9.17) is 4.74 Å². The third-order valence-electron chi connectivity index (χ3n) is 6.24. The number of nitrogens with one attached hydrogen (secondary N) is 2. The summed E-state index contributed by atoms with van der Waals surface area (Å²) >= 11 is 0. The van der Waals surface area contributed by atoms with Gasteiger partial charge in [0.1, 0.15) is 0 Å². The Morgan fingerprint density at radius 2 is 1.42 bits per heavy atom. The molecule has 3 atom stereocenters. The van der Waals surface area contributed by atoms with Gasteiger partial charge in [-0.1, -0.05) is 81.8 Å². The van der Waals surface area contributed by atoms with Crippen molar-refractivity contribution in [2.75, 3.05) is 19.8 Å². The number of ether oxygens (including phenoxy) is 1. The van der Waals surface area contributed by atoms with E-state index in [-0.39, 0.29) is 6.54 Å². The molecule has 16 heteroatoms. The highest BCUT2D eigenvalue weighted by atomic mass is 31.2. The lowest BCUT2D eigenvalue weighted by Gasteiger charge is -2.32. The van der Waals surface area contributed by atoms with Crippen molar-refractivity contribution in [3.63, 3.8) is 0 Å². The Bertz CT molecular complexity index is 1240. The molecule has 0 aliphatic rings. The molecule has 9 nitrogen and oxygen atoms in total. The van der Waals surface area contributed by atoms with Gasteiger partial charge in [0.05, 0.1) is 6.04 Å². The quantitative estimate of drug-likeness (QED) is 0.105. The molecule has 2 amide bonds. The predicted octanol–water partition coefficient (Wildman–Crippen LogP) is 6.60. The fourth-order valence-corrected chi connectivity index (χ4v) is 5.62. The monoisotopic (exact) mass is 670 g/mol. The molecule has 3 N–H and O–H groups in total. The number of carbonyl (C=O) groups excluding carboxylic acids is 2. The van der Waals surface area contributed by atoms with Gasteiger partial charge in [-0.25, -0.2) is 4.79 Å². The molecule has 0 radical (unpaired) electrons. The zero-order chi connectivity index (χ0) is 33.8. The molecular weight excluding hydrogens is 633 g/mol. The Hall–Kier alpha value is -3.13. The van der Waals surface area contributed by atoms with E-state index >= 15 is 0 Å². The molecule has 0 spiro atoms. The Labute approximate surface area is 257 Å². The molecule has 252 valence electrons. The molecule has 3 unspecified atom stereocenters. The van der Waals surface area contributed by atoms with Crippen LogP contribution in [0.15, 0.2) is 54.6 Å². The summed E-state index contributed by atoms with van der Waals surface area (Å²) in [4.78, 5) is 25.6. The van der Waals surface area contributed by atoms with Gasteiger partial charge < -0.3 is 20.5 Å². The van der Waals surface area contributed by atoms with Crippen LogP contribution in [0.4, 0.5) is 31.1 Å². The zero-order valence-electron chi connectivity index (χ0n) is 24.9. The maximum atomic E-state index is 13.3. The van der Waals surface area contributed by atoms with Crippen molar-refractivity contribution in [3.8, 4) is 11.1 Å². The van der Waals surface area contributed by atoms with E-state index in [9.17, 15) is 45.6 Å². The summed E-state index contributed by atoms with van der Waals surface area (Å²) in [6, 6.07) is 13.7. The maximum Gasteiger partial charge on any atom is 0.412 e. The topological polar surface area (TPSA) is 123 Å². The number of hydrogen-bond donors (Lipinski definition) is 3. The summed E-state index contributed by atoms with van der Waals surface area (Å²) in [5.41, 5.74) is 1.95. The molecule has 0 aromatic heterocycles. The van der Waals surface area contributed by atoms with Crippen LogP contribution < -0.4 is 10.6 Å². The van der Waals surface area contributed by atoms with Gasteiger partial charge >= 0.3 is 26.0 Å². The molecule has 0 bridgehead atoms. The first-order valence-corrected chi connectivity index (χ1v) is 15.6. The van der Waals surface area contributed by atoms with Crippen LogP contribution in [0.3, 0.4) is 0 Å². The minimum absolute atomic E-state index is 0.248. The van der Waals surface area contributed by atoms with Crippen LogP contribution in [-0.4, -0.2) is 67.2 Å². The number of carbonyl (C=O) groups is 2. The first-order valence-electron chi connectivity index (χ1n) is 14.0. The highest BCUT2D eigenvalue weighted by Gasteiger charge is 2.47. The molecule has 0 aliphatic heterocycles. The van der Waals surface area contributed by atoms with Crippen LogP contribution >= 0.6 is 7.60 Å². The molecule has 0 saturated carbocycles. The molecule has 45 heavy (non-hydrogen) atoms. The highest BCUT2D eigenvalue weighted by molar-refractivity contribution is 7.54. The fourth-order valence-electron chi connectivity index (χ4n) is 3.97. The number of hydrogen-bond acceptors (Lipinski definition) is 7. The third kappa shape index (κ3) is 13.4. The number of aliphatic hydroxyl groups excluding tert-OH is 1. The van der Waals surface area contributed by atoms with Crippen molar-refractivity contribution >= 4 is 19.6 Å². The van der Waals surface area contributed by atoms with Crippen molar-refractivity contribution < 1.29 is 59.4 Å². The summed E-state index contributed by atoms with van der Waals surface area (Å²) in [6.07, 6.45) is -11.8. The molecule has 0 fully saturated rings. The summed E-state index contributed by atoms with van der Waals surface area (Å²) in [6.45, 7) is 0.552. The van der Waals surface area contributed by atoms with Crippen molar-refractivity contribution in [1.82, 2.24) is 10.6 Å². The highest BCUT2D eigenvalue weighted by Crippen LogP contribution is 2.55. The lowest BCUT2D eigenvalue weighted by Crippen LogP contribution is -2.51. The number of alkyl halides is 6. The van der Waals surface area contributed by atoms with Gasteiger partial charge in [0, 0.05) is 6.54 Å². The number of rotatable bonds is 16. The maximum absolute atomic E-state index is 13.3. The number of alkyl carbamates (subject to hydrolysis) is 1. The van der Waals surface area contributed by atoms with Gasteiger partial charge in [0.25, 0.3) is 5.91 Å². The summed E-state index contributed by atoms with van der Waals surface area (Å²) in [5, 5.41) is 15.8. The average Bonchev–Trinajstić information content (AvgIpc) is 2.97. The standard InChI is InChI=1S/C29H37F6N2O7P/c1-4-5-15-36-27(40)44-24(19(2)3)25(38)37-23(16-20-11-13-22(14-12-20)21-9-7-6-8-10-21)26(39)45(41,42-17-28(30,31)32)43-18-29(33,34)35/h6-14,19,23-24,26,39H,4-5,15-18H2,1-3H3,(H,36,40)(H,37,38). The van der Waals surface area contributed by atoms with Crippen LogP contribution in [0.25, 0.3) is 11.1 Å². The summed E-state index contributed by atoms with van der Waals surface area (Å²) in [7, 11) is -5.63. The molecule has 2 aromatic carbocycles. The van der Waals surface area contributed by atoms with Crippen LogP contribution in [0.1, 0.15) is 39.2 Å². The Morgan fingerprint density at radius 1 is 0.889 bits per heavy atom. The van der Waals surface area contributed by atoms with Crippen LogP contribution in [-0.2, 0) is 29.6 Å². The second kappa shape index (κ2) is 17.0. The fraction of sp³-hybridized carbons (Fsp3) is 0.517. The molecular formula is C29H37F6N2O7P. The molecule has 2 aromatic rings. The zero-order valence-corrected chi connectivity index (χ0v) is 25.8. The number of aliphatic hydroxyl groups is 1. The van der Waals surface area contributed by atoms with E-state index in [1.54, 1.807) is 24.3 Å². The largest absolute Gasteiger partial charge is 0.436 e. The number of unbranched alkanes of at least 4 members (excludes halogenated alkanes) is 1. The van der Waals surface area contributed by atoms with E-state index in [0.717, 1.165) is 17.5 Å². The van der Waals surface area contributed by atoms with Gasteiger partial charge in [-0.2, -0.15) is 26.3 Å². The van der Waals surface area contributed by atoms with Crippen molar-refractivity contribution in [2.24, 2.45) is 5.92 Å². The minimum Gasteiger partial charge on any atom is -0.436 e. The lowest BCUT2D eigenvalue weighted by molar-refractivity contribution is -0.167. The van der Waals surface area contributed by atoms with Crippen molar-refractivity contribution in [3.05, 3.63) is 60.2 Å². The van der Waals surface area contributed by atoms with E-state index in [1.807, 2.05) is 37.3 Å². The first-order chi connectivity index (χ1) is 20.9. The molecule has 2 rings (SSSR count). The van der Waals surface area contributed by atoms with Crippen LogP contribution in [0.5, 0.6) is 0 Å². The van der Waals surface area contributed by atoms with E-state index in [2.05, 4.69) is 19.7 Å². The van der Waals surface area contributed by atoms with Crippen LogP contribution in [0, 0.1) is 5.92 Å². The minimum atomic E-state index is -5.63. The molecule has 0 saturated heterocycles. The second-order valence-corrected chi connectivity index (χ2v) is 12.6. The Morgan fingerprint density at radius 3 is 1.91 bits per heavy atom. The van der Waals surface area contributed by atoms with Gasteiger partial charge in [-0.15, -0.1) is 0 Å². The number of halogens is 6. The number of amides is 2. The van der Waals surface area contributed by atoms with Crippen LogP contribution in [0.2, 0.25) is 0 Å². The van der Waals surface area contributed by atoms with E-state index in [1.165, 1.54) is 13.8 Å².